The first-order valence-corrected chi connectivity index (χ1v) is 6.71. The van der Waals surface area contributed by atoms with Crippen LogP contribution in [0.5, 0.6) is 11.5 Å². The van der Waals surface area contributed by atoms with Gasteiger partial charge < -0.3 is 15.5 Å². The number of aryl methyl sites for hydroxylation is 1. The lowest BCUT2D eigenvalue weighted by Gasteiger charge is -2.13. The molecule has 2 rings (SSSR count). The lowest BCUT2D eigenvalue weighted by atomic mass is 10.1. The van der Waals surface area contributed by atoms with E-state index >= 15 is 0 Å². The summed E-state index contributed by atoms with van der Waals surface area (Å²) in [5.41, 5.74) is 0.590. The molecule has 4 nitrogen and oxygen atoms in total. The van der Waals surface area contributed by atoms with E-state index in [4.69, 9.17) is 8.22 Å². The van der Waals surface area contributed by atoms with E-state index in [1.54, 1.807) is 0 Å². The first-order valence-electron chi connectivity index (χ1n) is 9.71. The fourth-order valence-corrected chi connectivity index (χ4v) is 1.78. The van der Waals surface area contributed by atoms with Gasteiger partial charge in [-0.05, 0) is 61.6 Å². The number of aromatic hydroxyl groups is 2. The molecule has 0 radical (unpaired) electrons. The molecule has 0 fully saturated rings. The molecule has 0 bridgehead atoms. The lowest BCUT2D eigenvalue weighted by molar-refractivity contribution is 0.0987. The normalized spacial score (nSPS) is 18.7. The van der Waals surface area contributed by atoms with Gasteiger partial charge in [-0.15, -0.1) is 0 Å². The summed E-state index contributed by atoms with van der Waals surface area (Å²) in [6.45, 7) is -3.63. The van der Waals surface area contributed by atoms with E-state index < -0.39 is 38.0 Å². The zero-order valence-corrected chi connectivity index (χ0v) is 11.8. The number of carbonyl (C=O) groups excluding carboxylic acids is 1. The molecule has 0 spiro atoms. The highest BCUT2D eigenvalue weighted by molar-refractivity contribution is 5.97. The topological polar surface area (TPSA) is 69.6 Å². The number of Topliss-reactive ketones (excluding diaryl/α,β-unsaturated/α-hetero) is 1. The number of nitrogens with one attached hydrogen (secondary N) is 1. The number of phenolic OH excluding ortho intramolecular Hbond substituents is 2. The first-order chi connectivity index (χ1) is 12.9. The Bertz CT molecular complexity index is 821. The summed E-state index contributed by atoms with van der Waals surface area (Å²) in [7, 11) is 0. The van der Waals surface area contributed by atoms with Crippen LogP contribution in [-0.4, -0.2) is 28.6 Å². The van der Waals surface area contributed by atoms with Crippen molar-refractivity contribution in [1.82, 2.24) is 5.32 Å². The van der Waals surface area contributed by atoms with Crippen molar-refractivity contribution in [2.24, 2.45) is 0 Å². The fourth-order valence-electron chi connectivity index (χ4n) is 1.78. The van der Waals surface area contributed by atoms with E-state index in [2.05, 4.69) is 5.32 Å². The van der Waals surface area contributed by atoms with Crippen LogP contribution in [0.2, 0.25) is 0 Å². The molecule has 0 aliphatic carbocycles. The second kappa shape index (κ2) is 7.61. The largest absolute Gasteiger partial charge is 0.508 e. The van der Waals surface area contributed by atoms with Gasteiger partial charge in [-0.25, -0.2) is 0 Å². The third-order valence-corrected chi connectivity index (χ3v) is 3.02. The predicted octanol–water partition coefficient (Wildman–Crippen LogP) is 2.89. The second-order valence-electron chi connectivity index (χ2n) is 4.72. The standard InChI is InChI=1S/C18H21NO3/c1-13(2-3-14-4-8-16(20)9-5-14)19-12-18(22)15-6-10-17(21)11-7-15/h4-11,13,19-21H,2-3,12H2,1H3/i1D3,2D2,13D. The second-order valence-corrected chi connectivity index (χ2v) is 4.72. The Morgan fingerprint density at radius 2 is 1.77 bits per heavy atom. The van der Waals surface area contributed by atoms with Crippen molar-refractivity contribution >= 4 is 5.78 Å². The third-order valence-electron chi connectivity index (χ3n) is 3.02. The predicted molar refractivity (Wildman–Crippen MR) is 86.3 cm³/mol. The van der Waals surface area contributed by atoms with Crippen LogP contribution in [-0.2, 0) is 6.42 Å². The van der Waals surface area contributed by atoms with Crippen LogP contribution >= 0.6 is 0 Å². The molecule has 3 N–H and O–H groups in total. The van der Waals surface area contributed by atoms with Crippen LogP contribution in [0.4, 0.5) is 0 Å². The molecular formula is C18H21NO3. The zero-order valence-electron chi connectivity index (χ0n) is 17.8. The molecule has 0 aliphatic rings. The van der Waals surface area contributed by atoms with Crippen LogP contribution in [0.1, 0.15) is 37.4 Å². The molecule has 0 heterocycles. The molecule has 0 aliphatic heterocycles. The lowest BCUT2D eigenvalue weighted by Crippen LogP contribution is -2.31. The molecule has 1 unspecified atom stereocenters. The summed E-state index contributed by atoms with van der Waals surface area (Å²) in [5, 5.41) is 20.9. The molecule has 2 aromatic carbocycles. The fraction of sp³-hybridized carbons (Fsp3) is 0.278. The number of carbonyl (C=O) groups is 1. The van der Waals surface area contributed by atoms with Crippen LogP contribution in [0.3, 0.4) is 0 Å². The molecule has 116 valence electrons. The number of phenols is 2. The van der Waals surface area contributed by atoms with Crippen LogP contribution < -0.4 is 5.32 Å². The number of hydrogen-bond donors (Lipinski definition) is 3. The monoisotopic (exact) mass is 305 g/mol. The number of rotatable bonds is 7. The van der Waals surface area contributed by atoms with Crippen molar-refractivity contribution in [3.8, 4) is 11.5 Å². The average molecular weight is 305 g/mol. The van der Waals surface area contributed by atoms with Crippen LogP contribution in [0.15, 0.2) is 48.5 Å². The van der Waals surface area contributed by atoms with Gasteiger partial charge in [0.2, 0.25) is 0 Å². The van der Waals surface area contributed by atoms with Gasteiger partial charge in [-0.1, -0.05) is 12.1 Å². The number of benzene rings is 2. The molecule has 1 atom stereocenters. The summed E-state index contributed by atoms with van der Waals surface area (Å²) in [5.74, 6) is -0.594. The summed E-state index contributed by atoms with van der Waals surface area (Å²) in [6.07, 6.45) is -2.97. The third kappa shape index (κ3) is 4.90. The first kappa shape index (κ1) is 9.64. The van der Waals surface area contributed by atoms with Crippen molar-refractivity contribution in [3.05, 3.63) is 59.7 Å². The van der Waals surface area contributed by atoms with Gasteiger partial charge in [-0.3, -0.25) is 4.79 Å². The van der Waals surface area contributed by atoms with Crippen molar-refractivity contribution < 1.29 is 23.2 Å². The van der Waals surface area contributed by atoms with Crippen molar-refractivity contribution in [2.75, 3.05) is 6.54 Å². The van der Waals surface area contributed by atoms with Crippen molar-refractivity contribution in [2.45, 2.75) is 25.7 Å². The van der Waals surface area contributed by atoms with E-state index in [0.29, 0.717) is 5.56 Å². The quantitative estimate of drug-likeness (QED) is 0.688. The van der Waals surface area contributed by atoms with Gasteiger partial charge in [0.1, 0.15) is 11.5 Å². The van der Waals surface area contributed by atoms with Gasteiger partial charge in [0.05, 0.1) is 6.54 Å². The van der Waals surface area contributed by atoms with E-state index in [1.165, 1.54) is 48.5 Å². The minimum Gasteiger partial charge on any atom is -0.508 e. The van der Waals surface area contributed by atoms with E-state index in [9.17, 15) is 15.0 Å². The average Bonchev–Trinajstić information content (AvgIpc) is 2.60. The Labute approximate surface area is 138 Å². The van der Waals surface area contributed by atoms with Crippen LogP contribution in [0.25, 0.3) is 0 Å². The Hall–Kier alpha value is -2.33. The maximum Gasteiger partial charge on any atom is 0.176 e. The molecule has 22 heavy (non-hydrogen) atoms. The minimum atomic E-state index is -3.07. The van der Waals surface area contributed by atoms with E-state index in [0.717, 1.165) is 0 Å². The minimum absolute atomic E-state index is 0.0186. The summed E-state index contributed by atoms with van der Waals surface area (Å²) in [6, 6.07) is 8.11. The maximum atomic E-state index is 12.3. The SMILES string of the molecule is [2H]C([2H])([2H])C([2H])(NCC(=O)c1ccc(O)cc1)C([2H])([2H])Cc1ccc(O)cc1. The van der Waals surface area contributed by atoms with Crippen LogP contribution in [0, 0.1) is 0 Å². The van der Waals surface area contributed by atoms with Gasteiger partial charge in [0.25, 0.3) is 0 Å². The molecule has 4 heteroatoms. The number of ketones is 1. The van der Waals surface area contributed by atoms with Crippen molar-refractivity contribution in [1.29, 1.82) is 0 Å². The molecule has 0 saturated carbocycles. The highest BCUT2D eigenvalue weighted by Crippen LogP contribution is 2.12. The Morgan fingerprint density at radius 1 is 1.18 bits per heavy atom. The van der Waals surface area contributed by atoms with Gasteiger partial charge >= 0.3 is 0 Å². The molecule has 0 amide bonds. The zero-order chi connectivity index (χ0) is 21.2. The molecular weight excluding hydrogens is 278 g/mol. The summed E-state index contributed by atoms with van der Waals surface area (Å²) < 4.78 is 47.9. The van der Waals surface area contributed by atoms with Gasteiger partial charge in [-0.2, -0.15) is 0 Å². The van der Waals surface area contributed by atoms with Crippen molar-refractivity contribution in [3.63, 3.8) is 0 Å². The molecule has 0 aromatic heterocycles. The number of hydrogen-bond acceptors (Lipinski definition) is 4. The smallest absolute Gasteiger partial charge is 0.176 e. The van der Waals surface area contributed by atoms with Gasteiger partial charge in [0, 0.05) is 19.8 Å². The Balaban J connectivity index is 2.23. The van der Waals surface area contributed by atoms with E-state index in [1.807, 2.05) is 0 Å². The van der Waals surface area contributed by atoms with Gasteiger partial charge in [0.15, 0.2) is 5.78 Å². The highest BCUT2D eigenvalue weighted by Gasteiger charge is 2.08. The molecule has 2 aromatic rings. The van der Waals surface area contributed by atoms with E-state index in [-0.39, 0.29) is 17.1 Å². The molecule has 0 saturated heterocycles. The summed E-state index contributed by atoms with van der Waals surface area (Å²) in [4.78, 5) is 12.3. The Morgan fingerprint density at radius 3 is 2.36 bits per heavy atom. The Kier molecular flexibility index (Phi) is 3.34. The summed E-state index contributed by atoms with van der Waals surface area (Å²) >= 11 is 0. The maximum absolute atomic E-state index is 12.3. The highest BCUT2D eigenvalue weighted by atomic mass is 16.3.